The average molecular weight is 578 g/mol. The zero-order chi connectivity index (χ0) is 29.6. The largest absolute Gasteiger partial charge is 0.375 e. The Morgan fingerprint density at radius 1 is 1.17 bits per heavy atom. The van der Waals surface area contributed by atoms with E-state index in [4.69, 9.17) is 15.2 Å². The minimum Gasteiger partial charge on any atom is -0.375 e. The number of imidazole rings is 1. The van der Waals surface area contributed by atoms with Crippen LogP contribution in [-0.2, 0) is 19.9 Å². The van der Waals surface area contributed by atoms with Gasteiger partial charge in [-0.2, -0.15) is 9.61 Å². The first-order valence-corrected chi connectivity index (χ1v) is 13.9. The SMILES string of the molecule is COC1(c2cc(F)c(-c3ccc4cnc(Nc5cnccc5[C@H]5C[C@@H](N)[C@@H](NC(C)=O)[C@@H](C)C5)n4n3)c(F)c2)COC1. The summed E-state index contributed by atoms with van der Waals surface area (Å²) >= 11 is 0. The molecular formula is C30H33F2N7O3. The summed E-state index contributed by atoms with van der Waals surface area (Å²) in [5, 5.41) is 10.9. The van der Waals surface area contributed by atoms with Gasteiger partial charge in [-0.3, -0.25) is 9.78 Å². The number of benzene rings is 1. The summed E-state index contributed by atoms with van der Waals surface area (Å²) in [7, 11) is 1.49. The average Bonchev–Trinajstić information content (AvgIpc) is 3.32. The second-order valence-electron chi connectivity index (χ2n) is 11.3. The van der Waals surface area contributed by atoms with Crippen LogP contribution >= 0.6 is 0 Å². The van der Waals surface area contributed by atoms with Gasteiger partial charge in [0.2, 0.25) is 11.9 Å². The number of hydrogen-bond donors (Lipinski definition) is 3. The van der Waals surface area contributed by atoms with Crippen LogP contribution in [0, 0.1) is 17.6 Å². The predicted octanol–water partition coefficient (Wildman–Crippen LogP) is 4.03. The lowest BCUT2D eigenvalue weighted by atomic mass is 9.73. The van der Waals surface area contributed by atoms with Gasteiger partial charge in [-0.15, -0.1) is 0 Å². The number of nitrogens with zero attached hydrogens (tertiary/aromatic N) is 4. The van der Waals surface area contributed by atoms with Crippen molar-refractivity contribution in [3.05, 3.63) is 71.7 Å². The number of methoxy groups -OCH3 is 1. The third-order valence-corrected chi connectivity index (χ3v) is 8.47. The molecule has 4 heterocycles. The molecule has 1 aliphatic heterocycles. The Balaban J connectivity index is 1.30. The molecule has 1 saturated heterocycles. The number of pyridine rings is 1. The van der Waals surface area contributed by atoms with Gasteiger partial charge in [-0.25, -0.2) is 13.8 Å². The maximum Gasteiger partial charge on any atom is 0.229 e. The van der Waals surface area contributed by atoms with E-state index in [1.54, 1.807) is 30.7 Å². The van der Waals surface area contributed by atoms with Crippen molar-refractivity contribution in [3.63, 3.8) is 0 Å². The fourth-order valence-electron chi connectivity index (χ4n) is 6.19. The Morgan fingerprint density at radius 3 is 2.57 bits per heavy atom. The highest BCUT2D eigenvalue weighted by atomic mass is 19.1. The Bertz CT molecular complexity index is 1600. The lowest BCUT2D eigenvalue weighted by Gasteiger charge is -2.40. The van der Waals surface area contributed by atoms with Crippen molar-refractivity contribution in [3.8, 4) is 11.3 Å². The van der Waals surface area contributed by atoms with Crippen LogP contribution in [0.3, 0.4) is 0 Å². The van der Waals surface area contributed by atoms with E-state index in [0.29, 0.717) is 23.4 Å². The topological polar surface area (TPSA) is 129 Å². The molecule has 1 amide bonds. The highest BCUT2D eigenvalue weighted by Gasteiger charge is 2.42. The summed E-state index contributed by atoms with van der Waals surface area (Å²) in [6.07, 6.45) is 6.58. The molecule has 4 N–H and O–H groups in total. The van der Waals surface area contributed by atoms with E-state index in [0.717, 1.165) is 17.7 Å². The van der Waals surface area contributed by atoms with Crippen LogP contribution in [0.2, 0.25) is 0 Å². The van der Waals surface area contributed by atoms with Gasteiger partial charge < -0.3 is 25.8 Å². The number of amides is 1. The maximum atomic E-state index is 15.4. The number of nitrogens with one attached hydrogen (secondary N) is 2. The summed E-state index contributed by atoms with van der Waals surface area (Å²) in [6.45, 7) is 4.06. The fraction of sp³-hybridized carbons (Fsp3) is 0.400. The molecule has 42 heavy (non-hydrogen) atoms. The second-order valence-corrected chi connectivity index (χ2v) is 11.3. The molecule has 1 aliphatic carbocycles. The molecule has 12 heteroatoms. The highest BCUT2D eigenvalue weighted by Crippen LogP contribution is 2.40. The zero-order valence-electron chi connectivity index (χ0n) is 23.6. The van der Waals surface area contributed by atoms with Crippen LogP contribution in [0.5, 0.6) is 0 Å². The van der Waals surface area contributed by atoms with Crippen molar-refractivity contribution in [2.24, 2.45) is 11.7 Å². The smallest absolute Gasteiger partial charge is 0.229 e. The summed E-state index contributed by atoms with van der Waals surface area (Å²) < 4.78 is 43.0. The van der Waals surface area contributed by atoms with Crippen molar-refractivity contribution >= 4 is 23.1 Å². The first-order valence-electron chi connectivity index (χ1n) is 13.9. The van der Waals surface area contributed by atoms with Crippen molar-refractivity contribution in [1.82, 2.24) is 24.9 Å². The molecule has 1 aromatic carbocycles. The van der Waals surface area contributed by atoms with Crippen LogP contribution in [0.25, 0.3) is 16.8 Å². The van der Waals surface area contributed by atoms with Gasteiger partial charge in [0, 0.05) is 32.3 Å². The van der Waals surface area contributed by atoms with E-state index in [-0.39, 0.29) is 54.3 Å². The third-order valence-electron chi connectivity index (χ3n) is 8.47. The Kier molecular flexibility index (Phi) is 7.37. The van der Waals surface area contributed by atoms with Gasteiger partial charge in [-0.1, -0.05) is 6.92 Å². The minimum absolute atomic E-state index is 0.0900. The van der Waals surface area contributed by atoms with E-state index in [1.807, 2.05) is 6.07 Å². The maximum absolute atomic E-state index is 15.4. The second kappa shape index (κ2) is 11.0. The number of ether oxygens (including phenoxy) is 2. The standard InChI is InChI=1S/C30H33F2N7O3/c1-16-8-18(9-24(33)28(16)36-17(2)40)21-6-7-34-13-26(21)37-29-35-12-20-4-5-25(38-39(20)29)27-22(31)10-19(11-23(27)32)30(41-3)14-42-15-30/h4-7,10-13,16,18,24,28H,8-9,14-15,33H2,1-3H3,(H,35,37)(H,36,40)/t16-,18+,24+,28-/m0/s1. The normalized spacial score (nSPS) is 23.4. The lowest BCUT2D eigenvalue weighted by molar-refractivity contribution is -0.202. The molecule has 1 saturated carbocycles. The number of carbonyl (C=O) groups excluding carboxylic acids is 1. The van der Waals surface area contributed by atoms with Gasteiger partial charge in [0.05, 0.1) is 48.1 Å². The fourth-order valence-corrected chi connectivity index (χ4v) is 6.19. The summed E-state index contributed by atoms with van der Waals surface area (Å²) in [4.78, 5) is 20.5. The number of nitrogens with two attached hydrogens (primary N) is 1. The quantitative estimate of drug-likeness (QED) is 0.300. The first-order chi connectivity index (χ1) is 20.2. The summed E-state index contributed by atoms with van der Waals surface area (Å²) in [5.41, 5.74) is 8.28. The molecule has 6 rings (SSSR count). The molecule has 220 valence electrons. The van der Waals surface area contributed by atoms with Crippen LogP contribution in [0.15, 0.2) is 48.9 Å². The number of rotatable bonds is 7. The molecule has 0 unspecified atom stereocenters. The first kappa shape index (κ1) is 28.1. The van der Waals surface area contributed by atoms with Crippen molar-refractivity contribution in [1.29, 1.82) is 0 Å². The predicted molar refractivity (Wildman–Crippen MR) is 152 cm³/mol. The van der Waals surface area contributed by atoms with Crippen LogP contribution < -0.4 is 16.4 Å². The highest BCUT2D eigenvalue weighted by molar-refractivity contribution is 5.73. The van der Waals surface area contributed by atoms with Crippen LogP contribution in [0.1, 0.15) is 43.7 Å². The lowest BCUT2D eigenvalue weighted by Crippen LogP contribution is -2.54. The molecule has 10 nitrogen and oxygen atoms in total. The number of halogens is 2. The molecule has 3 aromatic heterocycles. The summed E-state index contributed by atoms with van der Waals surface area (Å²) in [5.74, 6) is -0.917. The number of fused-ring (bicyclic) bond motifs is 1. The molecule has 2 fully saturated rings. The summed E-state index contributed by atoms with van der Waals surface area (Å²) in [6, 6.07) is 7.48. The Hall–Kier alpha value is -4.00. The molecule has 4 aromatic rings. The van der Waals surface area contributed by atoms with Crippen LogP contribution in [-0.4, -0.2) is 57.9 Å². The van der Waals surface area contributed by atoms with Gasteiger partial charge >= 0.3 is 0 Å². The molecule has 0 spiro atoms. The van der Waals surface area contributed by atoms with E-state index in [9.17, 15) is 4.79 Å². The van der Waals surface area contributed by atoms with Gasteiger partial charge in [0.1, 0.15) is 17.2 Å². The molecular weight excluding hydrogens is 544 g/mol. The molecule has 0 bridgehead atoms. The minimum atomic E-state index is -0.856. The van der Waals surface area contributed by atoms with Crippen molar-refractivity contribution in [2.45, 2.75) is 50.3 Å². The molecule has 2 aliphatic rings. The molecule has 4 atom stereocenters. The van der Waals surface area contributed by atoms with E-state index < -0.39 is 17.2 Å². The Morgan fingerprint density at radius 2 is 1.93 bits per heavy atom. The number of aromatic nitrogens is 4. The number of carbonyl (C=O) groups is 1. The van der Waals surface area contributed by atoms with E-state index >= 15 is 8.78 Å². The van der Waals surface area contributed by atoms with Gasteiger partial charge in [0.25, 0.3) is 0 Å². The van der Waals surface area contributed by atoms with Crippen molar-refractivity contribution in [2.75, 3.05) is 25.6 Å². The number of anilines is 2. The molecule has 0 radical (unpaired) electrons. The zero-order valence-corrected chi connectivity index (χ0v) is 23.6. The van der Waals surface area contributed by atoms with Crippen molar-refractivity contribution < 1.29 is 23.0 Å². The number of hydrogen-bond acceptors (Lipinski definition) is 8. The van der Waals surface area contributed by atoms with Gasteiger partial charge in [-0.05, 0) is 66.1 Å². The Labute approximate surface area is 241 Å². The third kappa shape index (κ3) is 4.99. The van der Waals surface area contributed by atoms with E-state index in [2.05, 4.69) is 32.6 Å². The van der Waals surface area contributed by atoms with E-state index in [1.165, 1.54) is 30.7 Å². The monoisotopic (exact) mass is 577 g/mol. The van der Waals surface area contributed by atoms with Gasteiger partial charge in [0.15, 0.2) is 0 Å². The van der Waals surface area contributed by atoms with Crippen LogP contribution in [0.4, 0.5) is 20.4 Å².